The summed E-state index contributed by atoms with van der Waals surface area (Å²) in [6, 6.07) is 11.2. The largest absolute Gasteiger partial charge is 0.342 e. The van der Waals surface area contributed by atoms with E-state index in [2.05, 4.69) is 40.5 Å². The van der Waals surface area contributed by atoms with Crippen molar-refractivity contribution in [2.75, 3.05) is 19.6 Å². The van der Waals surface area contributed by atoms with Crippen LogP contribution in [-0.4, -0.2) is 36.5 Å². The second-order valence-electron chi connectivity index (χ2n) is 6.06. The molecule has 1 saturated heterocycles. The number of nitrogens with zero attached hydrogens (tertiary/aromatic N) is 1. The van der Waals surface area contributed by atoms with E-state index in [4.69, 9.17) is 0 Å². The number of likely N-dealkylation sites (tertiary alicyclic amines) is 1. The van der Waals surface area contributed by atoms with Crippen molar-refractivity contribution in [3.63, 3.8) is 0 Å². The van der Waals surface area contributed by atoms with Crippen LogP contribution >= 0.6 is 0 Å². The molecule has 2 aliphatic rings. The molecular weight excluding hydrogens is 248 g/mol. The van der Waals surface area contributed by atoms with Crippen molar-refractivity contribution in [2.24, 2.45) is 5.92 Å². The van der Waals surface area contributed by atoms with Crippen molar-refractivity contribution < 1.29 is 4.79 Å². The number of nitrogens with one attached hydrogen (secondary N) is 1. The van der Waals surface area contributed by atoms with Crippen molar-refractivity contribution in [2.45, 2.75) is 38.1 Å². The summed E-state index contributed by atoms with van der Waals surface area (Å²) in [6.45, 7) is 2.92. The minimum absolute atomic E-state index is 0.373. The Morgan fingerprint density at radius 2 is 1.80 bits per heavy atom. The molecule has 108 valence electrons. The van der Waals surface area contributed by atoms with Crippen LogP contribution in [0.1, 0.15) is 31.2 Å². The maximum atomic E-state index is 12.0. The third-order valence-electron chi connectivity index (χ3n) is 4.42. The number of carbonyl (C=O) groups is 1. The van der Waals surface area contributed by atoms with E-state index in [0.29, 0.717) is 17.9 Å². The predicted octanol–water partition coefficient (Wildman–Crippen LogP) is 2.22. The minimum Gasteiger partial charge on any atom is -0.342 e. The fourth-order valence-electron chi connectivity index (χ4n) is 2.96. The molecule has 0 bridgehead atoms. The molecule has 1 N–H and O–H groups in total. The molecule has 0 radical (unpaired) electrons. The van der Waals surface area contributed by atoms with Crippen molar-refractivity contribution in [3.05, 3.63) is 35.9 Å². The molecule has 1 aliphatic heterocycles. The first kappa shape index (κ1) is 13.6. The zero-order valence-corrected chi connectivity index (χ0v) is 12.1. The fraction of sp³-hybridized carbons (Fsp3) is 0.588. The Morgan fingerprint density at radius 1 is 1.10 bits per heavy atom. The third-order valence-corrected chi connectivity index (χ3v) is 4.42. The lowest BCUT2D eigenvalue weighted by molar-refractivity contribution is -0.133. The van der Waals surface area contributed by atoms with Gasteiger partial charge in [0.1, 0.15) is 0 Å². The van der Waals surface area contributed by atoms with Gasteiger partial charge < -0.3 is 10.2 Å². The molecule has 0 aromatic heterocycles. The number of hydrogen-bond donors (Lipinski definition) is 1. The summed E-state index contributed by atoms with van der Waals surface area (Å²) in [4.78, 5) is 14.0. The highest BCUT2D eigenvalue weighted by Gasteiger charge is 2.34. The SMILES string of the molecule is O=C(C1CC1)N1CCC(NCCc2ccccc2)CC1. The van der Waals surface area contributed by atoms with Crippen LogP contribution in [-0.2, 0) is 11.2 Å². The van der Waals surface area contributed by atoms with Crippen LogP contribution in [0.5, 0.6) is 0 Å². The van der Waals surface area contributed by atoms with E-state index in [1.54, 1.807) is 0 Å². The number of hydrogen-bond acceptors (Lipinski definition) is 2. The molecule has 1 aromatic carbocycles. The topological polar surface area (TPSA) is 32.3 Å². The smallest absolute Gasteiger partial charge is 0.225 e. The Bertz CT molecular complexity index is 434. The fourth-order valence-corrected chi connectivity index (χ4v) is 2.96. The van der Waals surface area contributed by atoms with E-state index in [0.717, 1.165) is 51.7 Å². The molecule has 1 aromatic rings. The second kappa shape index (κ2) is 6.40. The lowest BCUT2D eigenvalue weighted by Gasteiger charge is -2.32. The predicted molar refractivity (Wildman–Crippen MR) is 80.5 cm³/mol. The molecule has 20 heavy (non-hydrogen) atoms. The van der Waals surface area contributed by atoms with Gasteiger partial charge in [-0.3, -0.25) is 4.79 Å². The van der Waals surface area contributed by atoms with Gasteiger partial charge in [0.15, 0.2) is 0 Å². The van der Waals surface area contributed by atoms with Gasteiger partial charge >= 0.3 is 0 Å². The molecule has 3 rings (SSSR count). The maximum absolute atomic E-state index is 12.0. The summed E-state index contributed by atoms with van der Waals surface area (Å²) in [5, 5.41) is 3.64. The van der Waals surface area contributed by atoms with Gasteiger partial charge in [0, 0.05) is 25.0 Å². The molecule has 1 amide bonds. The summed E-state index contributed by atoms with van der Waals surface area (Å²) >= 11 is 0. The van der Waals surface area contributed by atoms with Crippen LogP contribution in [0.15, 0.2) is 30.3 Å². The quantitative estimate of drug-likeness (QED) is 0.891. The van der Waals surface area contributed by atoms with Crippen molar-refractivity contribution in [3.8, 4) is 0 Å². The summed E-state index contributed by atoms with van der Waals surface area (Å²) in [5.41, 5.74) is 1.39. The first-order valence-electron chi connectivity index (χ1n) is 7.89. The standard InChI is InChI=1S/C17H24N2O/c20-17(15-6-7-15)19-12-9-16(10-13-19)18-11-8-14-4-2-1-3-5-14/h1-5,15-16,18H,6-13H2. The molecule has 3 nitrogen and oxygen atoms in total. The number of piperidine rings is 1. The van der Waals surface area contributed by atoms with Gasteiger partial charge in [-0.05, 0) is 44.2 Å². The summed E-state index contributed by atoms with van der Waals surface area (Å²) in [5.74, 6) is 0.783. The third kappa shape index (κ3) is 3.60. The zero-order valence-electron chi connectivity index (χ0n) is 12.1. The molecule has 2 fully saturated rings. The van der Waals surface area contributed by atoms with Gasteiger partial charge in [0.2, 0.25) is 5.91 Å². The van der Waals surface area contributed by atoms with Crippen molar-refractivity contribution in [1.82, 2.24) is 10.2 Å². The van der Waals surface area contributed by atoms with Crippen LogP contribution in [0.3, 0.4) is 0 Å². The highest BCUT2D eigenvalue weighted by Crippen LogP contribution is 2.31. The van der Waals surface area contributed by atoms with Crippen LogP contribution in [0, 0.1) is 5.92 Å². The Labute approximate surface area is 121 Å². The molecule has 0 unspecified atom stereocenters. The van der Waals surface area contributed by atoms with E-state index < -0.39 is 0 Å². The summed E-state index contributed by atoms with van der Waals surface area (Å²) in [7, 11) is 0. The number of benzene rings is 1. The highest BCUT2D eigenvalue weighted by molar-refractivity contribution is 5.81. The van der Waals surface area contributed by atoms with Gasteiger partial charge in [-0.25, -0.2) is 0 Å². The number of amides is 1. The zero-order chi connectivity index (χ0) is 13.8. The molecule has 0 atom stereocenters. The van der Waals surface area contributed by atoms with Gasteiger partial charge in [-0.1, -0.05) is 30.3 Å². The van der Waals surface area contributed by atoms with Crippen LogP contribution in [0.25, 0.3) is 0 Å². The summed E-state index contributed by atoms with van der Waals surface area (Å²) in [6.07, 6.45) is 5.53. The first-order chi connectivity index (χ1) is 9.83. The lowest BCUT2D eigenvalue weighted by atomic mass is 10.0. The van der Waals surface area contributed by atoms with Crippen molar-refractivity contribution in [1.29, 1.82) is 0 Å². The van der Waals surface area contributed by atoms with Crippen LogP contribution < -0.4 is 5.32 Å². The summed E-state index contributed by atoms with van der Waals surface area (Å²) < 4.78 is 0. The van der Waals surface area contributed by atoms with Crippen molar-refractivity contribution >= 4 is 5.91 Å². The van der Waals surface area contributed by atoms with Gasteiger partial charge in [-0.2, -0.15) is 0 Å². The maximum Gasteiger partial charge on any atom is 0.225 e. The molecule has 0 spiro atoms. The Morgan fingerprint density at radius 3 is 2.45 bits per heavy atom. The first-order valence-corrected chi connectivity index (χ1v) is 7.89. The van der Waals surface area contributed by atoms with E-state index >= 15 is 0 Å². The Hall–Kier alpha value is -1.35. The highest BCUT2D eigenvalue weighted by atomic mass is 16.2. The minimum atomic E-state index is 0.373. The molecule has 1 heterocycles. The van der Waals surface area contributed by atoms with E-state index in [-0.39, 0.29) is 0 Å². The van der Waals surface area contributed by atoms with Crippen LogP contribution in [0.4, 0.5) is 0 Å². The molecule has 1 aliphatic carbocycles. The Kier molecular flexibility index (Phi) is 4.36. The number of carbonyl (C=O) groups excluding carboxylic acids is 1. The average Bonchev–Trinajstić information content (AvgIpc) is 3.33. The monoisotopic (exact) mass is 272 g/mol. The van der Waals surface area contributed by atoms with E-state index in [1.807, 2.05) is 0 Å². The van der Waals surface area contributed by atoms with Gasteiger partial charge in [0.25, 0.3) is 0 Å². The molecule has 1 saturated carbocycles. The number of rotatable bonds is 5. The van der Waals surface area contributed by atoms with Crippen LogP contribution in [0.2, 0.25) is 0 Å². The average molecular weight is 272 g/mol. The van der Waals surface area contributed by atoms with Gasteiger partial charge in [-0.15, -0.1) is 0 Å². The molecule has 3 heteroatoms. The lowest BCUT2D eigenvalue weighted by Crippen LogP contribution is -2.45. The normalized spacial score (nSPS) is 20.1. The molecular formula is C17H24N2O. The van der Waals surface area contributed by atoms with E-state index in [1.165, 1.54) is 5.56 Å². The van der Waals surface area contributed by atoms with Gasteiger partial charge in [0.05, 0.1) is 0 Å². The Balaban J connectivity index is 1.35. The van der Waals surface area contributed by atoms with E-state index in [9.17, 15) is 4.79 Å². The second-order valence-corrected chi connectivity index (χ2v) is 6.06.